The van der Waals surface area contributed by atoms with E-state index >= 15 is 0 Å². The summed E-state index contributed by atoms with van der Waals surface area (Å²) in [6.45, 7) is 0. The van der Waals surface area contributed by atoms with Gasteiger partial charge in [-0.3, -0.25) is 4.79 Å². The number of carbonyl (C=O) groups is 1. The quantitative estimate of drug-likeness (QED) is 0.281. The molecule has 21 heavy (non-hydrogen) atoms. The zero-order chi connectivity index (χ0) is 15.8. The summed E-state index contributed by atoms with van der Waals surface area (Å²) < 4.78 is 0. The van der Waals surface area contributed by atoms with E-state index in [-0.39, 0.29) is 20.4 Å². The van der Waals surface area contributed by atoms with Crippen LogP contribution in [0.3, 0.4) is 0 Å². The lowest BCUT2D eigenvalue weighted by Crippen LogP contribution is -1.85. The second-order valence-corrected chi connectivity index (χ2v) is 4.84. The second kappa shape index (κ2) is 8.79. The predicted octanol–water partition coefficient (Wildman–Crippen LogP) is 4.40. The third kappa shape index (κ3) is 5.13. The SMILES string of the molecule is O=Cc1ccnc(Cl)c1Cl.ON=Cc1ccnc(Cl)c1Cl. The first kappa shape index (κ1) is 17.7. The Morgan fingerprint density at radius 2 is 1.43 bits per heavy atom. The molecule has 2 aromatic rings. The molecule has 0 radical (unpaired) electrons. The molecule has 0 atom stereocenters. The lowest BCUT2D eigenvalue weighted by atomic mass is 10.3. The summed E-state index contributed by atoms with van der Waals surface area (Å²) in [5.74, 6) is 0. The van der Waals surface area contributed by atoms with Crippen molar-refractivity contribution in [1.29, 1.82) is 0 Å². The van der Waals surface area contributed by atoms with Crippen molar-refractivity contribution in [2.45, 2.75) is 0 Å². The summed E-state index contributed by atoms with van der Waals surface area (Å²) in [7, 11) is 0. The summed E-state index contributed by atoms with van der Waals surface area (Å²) in [4.78, 5) is 17.6. The average Bonchev–Trinajstić information content (AvgIpc) is 2.48. The van der Waals surface area contributed by atoms with Crippen LogP contribution in [0.5, 0.6) is 0 Å². The van der Waals surface area contributed by atoms with Crippen LogP contribution < -0.4 is 0 Å². The highest BCUT2D eigenvalue weighted by molar-refractivity contribution is 6.43. The fourth-order valence-electron chi connectivity index (χ4n) is 1.12. The lowest BCUT2D eigenvalue weighted by molar-refractivity contribution is 0.112. The molecule has 0 saturated carbocycles. The lowest BCUT2D eigenvalue weighted by Gasteiger charge is -1.96. The van der Waals surface area contributed by atoms with E-state index in [1.165, 1.54) is 24.7 Å². The topological polar surface area (TPSA) is 75.4 Å². The van der Waals surface area contributed by atoms with E-state index in [1.54, 1.807) is 6.07 Å². The van der Waals surface area contributed by atoms with Crippen LogP contribution in [0.4, 0.5) is 0 Å². The molecule has 0 aliphatic heterocycles. The summed E-state index contributed by atoms with van der Waals surface area (Å²) in [6.07, 6.45) is 4.73. The van der Waals surface area contributed by atoms with E-state index in [9.17, 15) is 4.79 Å². The molecule has 9 heteroatoms. The summed E-state index contributed by atoms with van der Waals surface area (Å²) in [6, 6.07) is 3.09. The number of pyridine rings is 2. The first-order valence-electron chi connectivity index (χ1n) is 5.23. The second-order valence-electron chi connectivity index (χ2n) is 3.37. The number of rotatable bonds is 2. The molecular weight excluding hydrogens is 360 g/mol. The molecule has 0 amide bonds. The largest absolute Gasteiger partial charge is 0.411 e. The number of nitrogens with zero attached hydrogens (tertiary/aromatic N) is 3. The van der Waals surface area contributed by atoms with E-state index < -0.39 is 0 Å². The van der Waals surface area contributed by atoms with Gasteiger partial charge in [-0.2, -0.15) is 0 Å². The van der Waals surface area contributed by atoms with Gasteiger partial charge in [0.25, 0.3) is 0 Å². The number of oxime groups is 1. The van der Waals surface area contributed by atoms with Crippen molar-refractivity contribution in [2.75, 3.05) is 0 Å². The average molecular weight is 367 g/mol. The van der Waals surface area contributed by atoms with Crippen LogP contribution in [0.2, 0.25) is 20.4 Å². The monoisotopic (exact) mass is 365 g/mol. The van der Waals surface area contributed by atoms with Gasteiger partial charge in [0.2, 0.25) is 0 Å². The number of carbonyl (C=O) groups excluding carboxylic acids is 1. The molecule has 0 aromatic carbocycles. The smallest absolute Gasteiger partial charge is 0.151 e. The van der Waals surface area contributed by atoms with Gasteiger partial charge < -0.3 is 5.21 Å². The van der Waals surface area contributed by atoms with E-state index in [0.717, 1.165) is 0 Å². The Labute approximate surface area is 140 Å². The Bertz CT molecular complexity index is 665. The van der Waals surface area contributed by atoms with Gasteiger partial charge in [0.05, 0.1) is 16.3 Å². The summed E-state index contributed by atoms with van der Waals surface area (Å²) in [5, 5.41) is 11.8. The highest BCUT2D eigenvalue weighted by Gasteiger charge is 2.03. The van der Waals surface area contributed by atoms with Gasteiger partial charge >= 0.3 is 0 Å². The van der Waals surface area contributed by atoms with Crippen LogP contribution in [-0.2, 0) is 0 Å². The molecule has 2 rings (SSSR count). The fraction of sp³-hybridized carbons (Fsp3) is 0. The van der Waals surface area contributed by atoms with E-state index in [1.807, 2.05) is 0 Å². The Kier molecular flexibility index (Phi) is 7.39. The predicted molar refractivity (Wildman–Crippen MR) is 83.3 cm³/mol. The maximum Gasteiger partial charge on any atom is 0.151 e. The first-order valence-corrected chi connectivity index (χ1v) is 6.75. The molecule has 0 bridgehead atoms. The highest BCUT2D eigenvalue weighted by Crippen LogP contribution is 2.22. The number of hydrogen-bond donors (Lipinski definition) is 1. The van der Waals surface area contributed by atoms with Crippen LogP contribution in [0, 0.1) is 0 Å². The minimum absolute atomic E-state index is 0.159. The fourth-order valence-corrected chi connectivity index (χ4v) is 1.76. The maximum absolute atomic E-state index is 10.2. The molecule has 0 fully saturated rings. The minimum Gasteiger partial charge on any atom is -0.411 e. The Balaban J connectivity index is 0.000000211. The third-order valence-electron chi connectivity index (χ3n) is 2.08. The molecule has 0 aliphatic rings. The molecule has 0 unspecified atom stereocenters. The maximum atomic E-state index is 10.2. The molecule has 0 aliphatic carbocycles. The zero-order valence-electron chi connectivity index (χ0n) is 10.2. The van der Waals surface area contributed by atoms with Gasteiger partial charge in [-0.25, -0.2) is 9.97 Å². The van der Waals surface area contributed by atoms with Crippen molar-refractivity contribution < 1.29 is 10.0 Å². The van der Waals surface area contributed by atoms with Gasteiger partial charge in [0, 0.05) is 23.5 Å². The van der Waals surface area contributed by atoms with Crippen molar-refractivity contribution in [2.24, 2.45) is 5.16 Å². The number of aldehydes is 1. The molecule has 0 spiro atoms. The minimum atomic E-state index is 0.159. The molecule has 0 saturated heterocycles. The van der Waals surface area contributed by atoms with Crippen LogP contribution in [0.25, 0.3) is 0 Å². The van der Waals surface area contributed by atoms with Crippen molar-refractivity contribution in [3.8, 4) is 0 Å². The Morgan fingerprint density at radius 3 is 1.86 bits per heavy atom. The normalized spacial score (nSPS) is 10.1. The van der Waals surface area contributed by atoms with Crippen LogP contribution in [0.15, 0.2) is 29.7 Å². The van der Waals surface area contributed by atoms with Gasteiger partial charge in [-0.1, -0.05) is 51.6 Å². The van der Waals surface area contributed by atoms with Crippen LogP contribution in [-0.4, -0.2) is 27.7 Å². The molecule has 2 heterocycles. The molecule has 110 valence electrons. The van der Waals surface area contributed by atoms with Crippen molar-refractivity contribution in [3.63, 3.8) is 0 Å². The summed E-state index contributed by atoms with van der Waals surface area (Å²) >= 11 is 22.3. The van der Waals surface area contributed by atoms with Gasteiger partial charge in [0.15, 0.2) is 6.29 Å². The number of hydrogen-bond acceptors (Lipinski definition) is 5. The Morgan fingerprint density at radius 1 is 0.952 bits per heavy atom. The van der Waals surface area contributed by atoms with E-state index in [4.69, 9.17) is 51.6 Å². The molecule has 2 aromatic heterocycles. The van der Waals surface area contributed by atoms with E-state index in [2.05, 4.69) is 15.1 Å². The van der Waals surface area contributed by atoms with Gasteiger partial charge in [-0.05, 0) is 12.1 Å². The van der Waals surface area contributed by atoms with Crippen molar-refractivity contribution in [3.05, 3.63) is 56.0 Å². The van der Waals surface area contributed by atoms with Gasteiger partial charge in [-0.15, -0.1) is 0 Å². The molecule has 1 N–H and O–H groups in total. The number of aromatic nitrogens is 2. The Hall–Kier alpha value is -1.40. The summed E-state index contributed by atoms with van der Waals surface area (Å²) in [5.41, 5.74) is 0.899. The van der Waals surface area contributed by atoms with Crippen molar-refractivity contribution >= 4 is 58.9 Å². The highest BCUT2D eigenvalue weighted by atomic mass is 35.5. The zero-order valence-corrected chi connectivity index (χ0v) is 13.2. The number of halogens is 4. The standard InChI is InChI=1S/C6H4Cl2N2O.C6H3Cl2NO/c7-5-4(3-10-11)1-2-9-6(5)8;7-5-4(3-10)1-2-9-6(5)8/h1-3,11H;1-3H. The van der Waals surface area contributed by atoms with Crippen LogP contribution >= 0.6 is 46.4 Å². The first-order chi connectivity index (χ1) is 10.0. The van der Waals surface area contributed by atoms with Crippen molar-refractivity contribution in [1.82, 2.24) is 9.97 Å². The van der Waals surface area contributed by atoms with Gasteiger partial charge in [0.1, 0.15) is 10.3 Å². The molecule has 5 nitrogen and oxygen atoms in total. The van der Waals surface area contributed by atoms with E-state index in [0.29, 0.717) is 17.4 Å². The third-order valence-corrected chi connectivity index (χ3v) is 3.64. The molecular formula is C12H7Cl4N3O2. The van der Waals surface area contributed by atoms with Crippen LogP contribution in [0.1, 0.15) is 15.9 Å².